The van der Waals surface area contributed by atoms with Crippen LogP contribution in [0.4, 0.5) is 0 Å². The summed E-state index contributed by atoms with van der Waals surface area (Å²) < 4.78 is 1.22. The zero-order valence-electron chi connectivity index (χ0n) is 10.8. The van der Waals surface area contributed by atoms with Crippen molar-refractivity contribution in [2.24, 2.45) is 0 Å². The minimum atomic E-state index is 0.676. The highest BCUT2D eigenvalue weighted by atomic mass is 32.2. The first-order chi connectivity index (χ1) is 9.11. The van der Waals surface area contributed by atoms with Gasteiger partial charge in [0.1, 0.15) is 0 Å². The van der Waals surface area contributed by atoms with Crippen LogP contribution in [0.15, 0.2) is 29.2 Å². The molecule has 1 aliphatic rings. The van der Waals surface area contributed by atoms with Gasteiger partial charge in [-0.15, -0.1) is 11.3 Å². The molecule has 0 aliphatic carbocycles. The van der Waals surface area contributed by atoms with E-state index in [0.29, 0.717) is 6.54 Å². The Balaban J connectivity index is 1.64. The molecule has 0 atom stereocenters. The van der Waals surface area contributed by atoms with E-state index in [0.717, 1.165) is 22.1 Å². The first kappa shape index (κ1) is 13.1. The van der Waals surface area contributed by atoms with E-state index < -0.39 is 0 Å². The van der Waals surface area contributed by atoms with E-state index in [-0.39, 0.29) is 0 Å². The molecule has 2 aromatic rings. The number of fused-ring (bicyclic) bond motifs is 1. The van der Waals surface area contributed by atoms with Crippen LogP contribution >= 0.6 is 23.3 Å². The molecule has 0 radical (unpaired) electrons. The first-order valence-corrected chi connectivity index (χ1v) is 7.64. The Bertz CT molecular complexity index is 559. The Morgan fingerprint density at radius 1 is 1.26 bits per heavy atom. The monoisotopic (exact) mass is 293 g/mol. The van der Waals surface area contributed by atoms with Gasteiger partial charge < -0.3 is 0 Å². The molecule has 19 heavy (non-hydrogen) atoms. The number of hydrazine groups is 1. The molecule has 6 heteroatoms. The number of thiazole rings is 1. The Morgan fingerprint density at radius 3 is 2.68 bits per heavy atom. The summed E-state index contributed by atoms with van der Waals surface area (Å²) in [5.74, 6) is 0. The highest BCUT2D eigenvalue weighted by molar-refractivity contribution is 7.96. The number of benzene rings is 1. The van der Waals surface area contributed by atoms with Crippen LogP contribution in [0.3, 0.4) is 0 Å². The minimum absolute atomic E-state index is 0.676. The second-order valence-corrected chi connectivity index (χ2v) is 6.85. The molecular weight excluding hydrogens is 278 g/mol. The SMILES string of the molecule is Cc1ccc(SN(O)N2Cc3nc(C)sc3C2)cc1. The van der Waals surface area contributed by atoms with Crippen molar-refractivity contribution in [2.75, 3.05) is 0 Å². The number of aromatic nitrogens is 1. The molecule has 1 aromatic heterocycles. The molecule has 0 amide bonds. The molecule has 100 valence electrons. The van der Waals surface area contributed by atoms with Gasteiger partial charge in [0, 0.05) is 21.7 Å². The fourth-order valence-electron chi connectivity index (χ4n) is 2.03. The van der Waals surface area contributed by atoms with Crippen molar-refractivity contribution < 1.29 is 5.21 Å². The summed E-state index contributed by atoms with van der Waals surface area (Å²) in [6, 6.07) is 8.11. The largest absolute Gasteiger partial charge is 0.289 e. The van der Waals surface area contributed by atoms with Crippen LogP contribution in [-0.4, -0.2) is 19.8 Å². The molecule has 4 nitrogen and oxygen atoms in total. The standard InChI is InChI=1S/C13H15N3OS2/c1-9-3-5-11(6-4-9)19-16(17)15-7-12-13(8-15)18-10(2)14-12/h3-6,17H,7-8H2,1-2H3. The van der Waals surface area contributed by atoms with Gasteiger partial charge in [-0.05, 0) is 26.0 Å². The number of aryl methyl sites for hydroxylation is 2. The molecular formula is C13H15N3OS2. The summed E-state index contributed by atoms with van der Waals surface area (Å²) >= 11 is 3.03. The average molecular weight is 293 g/mol. The van der Waals surface area contributed by atoms with Gasteiger partial charge in [0.15, 0.2) is 0 Å². The number of hydrogen-bond donors (Lipinski definition) is 1. The average Bonchev–Trinajstić information content (AvgIpc) is 2.89. The minimum Gasteiger partial charge on any atom is -0.289 e. The Kier molecular flexibility index (Phi) is 3.60. The van der Waals surface area contributed by atoms with E-state index in [1.54, 1.807) is 11.3 Å². The van der Waals surface area contributed by atoms with Crippen molar-refractivity contribution in [3.8, 4) is 0 Å². The smallest absolute Gasteiger partial charge is 0.0901 e. The highest BCUT2D eigenvalue weighted by Crippen LogP contribution is 2.32. The lowest BCUT2D eigenvalue weighted by atomic mass is 10.2. The number of rotatable bonds is 3. The lowest BCUT2D eigenvalue weighted by molar-refractivity contribution is -0.162. The van der Waals surface area contributed by atoms with Crippen LogP contribution in [0.1, 0.15) is 21.1 Å². The summed E-state index contributed by atoms with van der Waals surface area (Å²) in [4.78, 5) is 6.74. The lowest BCUT2D eigenvalue weighted by Gasteiger charge is -2.23. The topological polar surface area (TPSA) is 39.6 Å². The molecule has 2 heterocycles. The Hall–Kier alpha value is -0.920. The highest BCUT2D eigenvalue weighted by Gasteiger charge is 2.27. The van der Waals surface area contributed by atoms with Gasteiger partial charge >= 0.3 is 0 Å². The van der Waals surface area contributed by atoms with E-state index >= 15 is 0 Å². The normalized spacial score (nSPS) is 15.2. The van der Waals surface area contributed by atoms with Crippen molar-refractivity contribution in [1.29, 1.82) is 0 Å². The predicted molar refractivity (Wildman–Crippen MR) is 76.8 cm³/mol. The van der Waals surface area contributed by atoms with Gasteiger partial charge in [-0.2, -0.15) is 5.01 Å². The molecule has 0 spiro atoms. The van der Waals surface area contributed by atoms with Gasteiger partial charge in [-0.3, -0.25) is 5.21 Å². The van der Waals surface area contributed by atoms with E-state index in [2.05, 4.69) is 11.9 Å². The Labute approximate surface area is 120 Å². The second kappa shape index (κ2) is 5.22. The summed E-state index contributed by atoms with van der Waals surface area (Å²) in [7, 11) is 0. The van der Waals surface area contributed by atoms with Gasteiger partial charge in [0.25, 0.3) is 0 Å². The van der Waals surface area contributed by atoms with Gasteiger partial charge in [-0.25, -0.2) is 4.98 Å². The zero-order chi connectivity index (χ0) is 13.4. The maximum atomic E-state index is 10.1. The van der Waals surface area contributed by atoms with Crippen LogP contribution in [0.25, 0.3) is 0 Å². The third-order valence-electron chi connectivity index (χ3n) is 2.99. The Morgan fingerprint density at radius 2 is 2.00 bits per heavy atom. The van der Waals surface area contributed by atoms with Crippen LogP contribution in [-0.2, 0) is 13.1 Å². The van der Waals surface area contributed by atoms with E-state index in [9.17, 15) is 5.21 Å². The maximum Gasteiger partial charge on any atom is 0.0901 e. The first-order valence-electron chi connectivity index (χ1n) is 6.05. The molecule has 1 aromatic carbocycles. The summed E-state index contributed by atoms with van der Waals surface area (Å²) in [6.45, 7) is 5.48. The predicted octanol–water partition coefficient (Wildman–Crippen LogP) is 3.39. The van der Waals surface area contributed by atoms with E-state index in [1.807, 2.05) is 36.2 Å². The van der Waals surface area contributed by atoms with Crippen molar-refractivity contribution in [1.82, 2.24) is 14.6 Å². The van der Waals surface area contributed by atoms with Crippen molar-refractivity contribution in [3.05, 3.63) is 45.4 Å². The van der Waals surface area contributed by atoms with Gasteiger partial charge in [0.05, 0.1) is 23.8 Å². The van der Waals surface area contributed by atoms with Gasteiger partial charge in [0.2, 0.25) is 0 Å². The molecule has 1 aliphatic heterocycles. The van der Waals surface area contributed by atoms with Crippen LogP contribution in [0.5, 0.6) is 0 Å². The van der Waals surface area contributed by atoms with Crippen LogP contribution < -0.4 is 0 Å². The van der Waals surface area contributed by atoms with Crippen LogP contribution in [0, 0.1) is 13.8 Å². The maximum absolute atomic E-state index is 10.1. The summed E-state index contributed by atoms with van der Waals surface area (Å²) in [6.07, 6.45) is 0. The molecule has 0 bridgehead atoms. The van der Waals surface area contributed by atoms with E-state index in [1.165, 1.54) is 27.0 Å². The number of nitrogens with zero attached hydrogens (tertiary/aromatic N) is 3. The lowest BCUT2D eigenvalue weighted by Crippen LogP contribution is -2.30. The molecule has 0 unspecified atom stereocenters. The molecule has 0 saturated heterocycles. The molecule has 0 saturated carbocycles. The fourth-order valence-corrected chi connectivity index (χ4v) is 3.66. The third-order valence-corrected chi connectivity index (χ3v) is 4.87. The third kappa shape index (κ3) is 2.82. The zero-order valence-corrected chi connectivity index (χ0v) is 12.5. The molecule has 3 rings (SSSR count). The quantitative estimate of drug-likeness (QED) is 0.694. The van der Waals surface area contributed by atoms with Crippen molar-refractivity contribution in [3.63, 3.8) is 0 Å². The van der Waals surface area contributed by atoms with Crippen LogP contribution in [0.2, 0.25) is 0 Å². The fraction of sp³-hybridized carbons (Fsp3) is 0.308. The molecule has 0 fully saturated rings. The second-order valence-electron chi connectivity index (χ2n) is 4.58. The summed E-state index contributed by atoms with van der Waals surface area (Å²) in [5.41, 5.74) is 2.31. The van der Waals surface area contributed by atoms with Gasteiger partial charge in [-0.1, -0.05) is 22.3 Å². The summed E-state index contributed by atoms with van der Waals surface area (Å²) in [5, 5.41) is 13.1. The molecule has 1 N–H and O–H groups in total. The van der Waals surface area contributed by atoms with E-state index in [4.69, 9.17) is 0 Å². The van der Waals surface area contributed by atoms with Crippen molar-refractivity contribution in [2.45, 2.75) is 31.8 Å². The number of hydrogen-bond acceptors (Lipinski definition) is 6. The van der Waals surface area contributed by atoms with Crippen molar-refractivity contribution >= 4 is 23.3 Å².